The molecule has 2 amide bonds. The van der Waals surface area contributed by atoms with Gasteiger partial charge in [-0.25, -0.2) is 4.98 Å². The molecule has 0 spiro atoms. The lowest BCUT2D eigenvalue weighted by atomic mass is 9.89. The zero-order valence-electron chi connectivity index (χ0n) is 11.3. The molecule has 6 heteroatoms. The molecule has 1 atom stereocenters. The van der Waals surface area contributed by atoms with Gasteiger partial charge in [0.2, 0.25) is 18.2 Å². The van der Waals surface area contributed by atoms with Crippen molar-refractivity contribution in [2.75, 3.05) is 6.54 Å². The molecule has 21 heavy (non-hydrogen) atoms. The van der Waals surface area contributed by atoms with Gasteiger partial charge in [-0.15, -0.1) is 0 Å². The maximum absolute atomic E-state index is 12.0. The van der Waals surface area contributed by atoms with Gasteiger partial charge in [0.05, 0.1) is 5.52 Å². The zero-order valence-corrected chi connectivity index (χ0v) is 11.3. The van der Waals surface area contributed by atoms with Crippen LogP contribution >= 0.6 is 0 Å². The topological polar surface area (TPSA) is 91.3 Å². The number of aromatic nitrogens is 1. The van der Waals surface area contributed by atoms with E-state index in [9.17, 15) is 14.7 Å². The van der Waals surface area contributed by atoms with E-state index in [2.05, 4.69) is 15.6 Å². The minimum atomic E-state index is -0.897. The van der Waals surface area contributed by atoms with Crippen molar-refractivity contribution in [3.8, 4) is 5.88 Å². The fourth-order valence-corrected chi connectivity index (χ4v) is 2.75. The van der Waals surface area contributed by atoms with E-state index in [4.69, 9.17) is 0 Å². The van der Waals surface area contributed by atoms with Crippen molar-refractivity contribution in [2.24, 2.45) is 0 Å². The molecule has 0 saturated carbocycles. The molecule has 108 valence electrons. The number of aromatic hydroxyl groups is 1. The summed E-state index contributed by atoms with van der Waals surface area (Å²) in [6.07, 6.45) is 1.51. The van der Waals surface area contributed by atoms with Crippen molar-refractivity contribution in [3.63, 3.8) is 0 Å². The first-order valence-corrected chi connectivity index (χ1v) is 6.71. The van der Waals surface area contributed by atoms with Gasteiger partial charge in [0.15, 0.2) is 0 Å². The Morgan fingerprint density at radius 1 is 1.38 bits per heavy atom. The number of hydrogen-bond acceptors (Lipinski definition) is 4. The van der Waals surface area contributed by atoms with E-state index in [1.165, 1.54) is 6.07 Å². The Morgan fingerprint density at radius 3 is 2.90 bits per heavy atom. The molecule has 1 saturated heterocycles. The molecule has 0 bridgehead atoms. The van der Waals surface area contributed by atoms with Gasteiger partial charge < -0.3 is 15.7 Å². The predicted octanol–water partition coefficient (Wildman–Crippen LogP) is 0.488. The number of nitrogens with zero attached hydrogens (tertiary/aromatic N) is 1. The molecule has 3 N–H and O–H groups in total. The molecular formula is C15H15N3O3. The Balaban J connectivity index is 1.96. The molecule has 0 unspecified atom stereocenters. The van der Waals surface area contributed by atoms with Gasteiger partial charge in [0.25, 0.3) is 0 Å². The second-order valence-corrected chi connectivity index (χ2v) is 5.22. The molecule has 6 nitrogen and oxygen atoms in total. The van der Waals surface area contributed by atoms with Crippen molar-refractivity contribution in [2.45, 2.75) is 18.4 Å². The normalized spacial score (nSPS) is 21.2. The Labute approximate surface area is 121 Å². The smallest absolute Gasteiger partial charge is 0.246 e. The highest BCUT2D eigenvalue weighted by Gasteiger charge is 2.42. The summed E-state index contributed by atoms with van der Waals surface area (Å²) >= 11 is 0. The molecule has 1 aliphatic rings. The standard InChI is InChI=1S/C15H15N3O3/c19-9-17-15(5-6-16-14(15)21)8-10-1-2-11-3-4-13(20)18-12(11)7-10/h1-4,7,9H,5-6,8H2,(H,16,21)(H,17,19)(H,18,20)/t15-/m1/s1. The fourth-order valence-electron chi connectivity index (χ4n) is 2.75. The molecule has 3 rings (SSSR count). The van der Waals surface area contributed by atoms with E-state index in [0.29, 0.717) is 31.3 Å². The summed E-state index contributed by atoms with van der Waals surface area (Å²) in [4.78, 5) is 26.9. The van der Waals surface area contributed by atoms with Crippen LogP contribution in [0.2, 0.25) is 0 Å². The number of benzene rings is 1. The van der Waals surface area contributed by atoms with E-state index in [1.54, 1.807) is 6.07 Å². The van der Waals surface area contributed by atoms with E-state index >= 15 is 0 Å². The van der Waals surface area contributed by atoms with E-state index in [1.807, 2.05) is 18.2 Å². The minimum absolute atomic E-state index is 0.0426. The average Bonchev–Trinajstić information content (AvgIpc) is 2.80. The molecule has 2 aromatic rings. The summed E-state index contributed by atoms with van der Waals surface area (Å²) in [6, 6.07) is 8.93. The van der Waals surface area contributed by atoms with Crippen molar-refractivity contribution in [1.82, 2.24) is 15.6 Å². The van der Waals surface area contributed by atoms with Crippen LogP contribution in [-0.4, -0.2) is 34.5 Å². The maximum atomic E-state index is 12.0. The fraction of sp³-hybridized carbons (Fsp3) is 0.267. The largest absolute Gasteiger partial charge is 0.493 e. The van der Waals surface area contributed by atoms with Gasteiger partial charge in [0, 0.05) is 24.4 Å². The summed E-state index contributed by atoms with van der Waals surface area (Å²) in [5.41, 5.74) is 0.644. The summed E-state index contributed by atoms with van der Waals surface area (Å²) < 4.78 is 0. The predicted molar refractivity (Wildman–Crippen MR) is 76.7 cm³/mol. The Bertz CT molecular complexity index is 716. The van der Waals surface area contributed by atoms with E-state index in [-0.39, 0.29) is 11.8 Å². The third-order valence-corrected chi connectivity index (χ3v) is 3.85. The zero-order chi connectivity index (χ0) is 14.9. The molecule has 1 aromatic carbocycles. The minimum Gasteiger partial charge on any atom is -0.493 e. The highest BCUT2D eigenvalue weighted by Crippen LogP contribution is 2.24. The van der Waals surface area contributed by atoms with Gasteiger partial charge in [-0.05, 0) is 24.1 Å². The number of hydrogen-bond donors (Lipinski definition) is 3. The van der Waals surface area contributed by atoms with Gasteiger partial charge in [-0.3, -0.25) is 9.59 Å². The van der Waals surface area contributed by atoms with Crippen LogP contribution in [0, 0.1) is 0 Å². The maximum Gasteiger partial charge on any atom is 0.246 e. The van der Waals surface area contributed by atoms with Crippen molar-refractivity contribution in [1.29, 1.82) is 0 Å². The molecule has 2 heterocycles. The summed E-state index contributed by atoms with van der Waals surface area (Å²) in [5.74, 6) is -0.211. The number of carbonyl (C=O) groups is 2. The van der Waals surface area contributed by atoms with Crippen LogP contribution in [0.3, 0.4) is 0 Å². The first-order valence-electron chi connectivity index (χ1n) is 6.71. The number of nitrogens with one attached hydrogen (secondary N) is 2. The lowest BCUT2D eigenvalue weighted by Crippen LogP contribution is -2.52. The third-order valence-electron chi connectivity index (χ3n) is 3.85. The SMILES string of the molecule is O=CN[C@@]1(Cc2ccc3ccc(O)nc3c2)CCNC1=O. The van der Waals surface area contributed by atoms with Crippen LogP contribution in [0.5, 0.6) is 5.88 Å². The first-order chi connectivity index (χ1) is 10.1. The monoisotopic (exact) mass is 285 g/mol. The van der Waals surface area contributed by atoms with Crippen LogP contribution in [0.4, 0.5) is 0 Å². The van der Waals surface area contributed by atoms with Crippen molar-refractivity contribution >= 4 is 23.2 Å². The second-order valence-electron chi connectivity index (χ2n) is 5.22. The van der Waals surface area contributed by atoms with E-state index < -0.39 is 5.54 Å². The summed E-state index contributed by atoms with van der Waals surface area (Å²) in [6.45, 7) is 0.548. The van der Waals surface area contributed by atoms with Crippen molar-refractivity contribution < 1.29 is 14.7 Å². The number of rotatable bonds is 4. The summed E-state index contributed by atoms with van der Waals surface area (Å²) in [7, 11) is 0. The molecule has 1 aromatic heterocycles. The molecule has 1 fully saturated rings. The number of amides is 2. The second kappa shape index (κ2) is 5.05. The highest BCUT2D eigenvalue weighted by molar-refractivity contribution is 5.91. The average molecular weight is 285 g/mol. The van der Waals surface area contributed by atoms with Gasteiger partial charge >= 0.3 is 0 Å². The molecule has 0 aliphatic carbocycles. The summed E-state index contributed by atoms with van der Waals surface area (Å²) in [5, 5.41) is 15.8. The van der Waals surface area contributed by atoms with Crippen molar-refractivity contribution in [3.05, 3.63) is 35.9 Å². The molecule has 0 radical (unpaired) electrons. The quantitative estimate of drug-likeness (QED) is 0.713. The highest BCUT2D eigenvalue weighted by atomic mass is 16.3. The molecule has 1 aliphatic heterocycles. The van der Waals surface area contributed by atoms with Crippen LogP contribution in [0.25, 0.3) is 10.9 Å². The van der Waals surface area contributed by atoms with Gasteiger partial charge in [-0.2, -0.15) is 0 Å². The number of pyridine rings is 1. The van der Waals surface area contributed by atoms with Gasteiger partial charge in [0.1, 0.15) is 5.54 Å². The third kappa shape index (κ3) is 2.40. The Morgan fingerprint density at radius 2 is 2.19 bits per heavy atom. The van der Waals surface area contributed by atoms with Crippen LogP contribution in [0.15, 0.2) is 30.3 Å². The van der Waals surface area contributed by atoms with E-state index in [0.717, 1.165) is 10.9 Å². The Kier molecular flexibility index (Phi) is 3.21. The van der Waals surface area contributed by atoms with Crippen LogP contribution in [-0.2, 0) is 16.0 Å². The number of fused-ring (bicyclic) bond motifs is 1. The lowest BCUT2D eigenvalue weighted by Gasteiger charge is -2.25. The van der Waals surface area contributed by atoms with Crippen LogP contribution < -0.4 is 10.6 Å². The number of carbonyl (C=O) groups excluding carboxylic acids is 2. The van der Waals surface area contributed by atoms with Crippen LogP contribution in [0.1, 0.15) is 12.0 Å². The Hall–Kier alpha value is -2.63. The lowest BCUT2D eigenvalue weighted by molar-refractivity contribution is -0.127. The first kappa shape index (κ1) is 13.4. The molecular weight excluding hydrogens is 270 g/mol. The van der Waals surface area contributed by atoms with Gasteiger partial charge in [-0.1, -0.05) is 12.1 Å².